The molecular weight excluding hydrogens is 420 g/mol. The van der Waals surface area contributed by atoms with E-state index in [9.17, 15) is 13.2 Å². The van der Waals surface area contributed by atoms with Gasteiger partial charge in [-0.05, 0) is 55.6 Å². The Morgan fingerprint density at radius 3 is 2.57 bits per heavy atom. The average molecular weight is 445 g/mol. The molecule has 8 heteroatoms. The minimum atomic E-state index is -3.57. The van der Waals surface area contributed by atoms with Crippen molar-refractivity contribution in [2.45, 2.75) is 29.5 Å². The lowest BCUT2D eigenvalue weighted by molar-refractivity contribution is 0.0909. The molecule has 1 N–H and O–H groups in total. The maximum Gasteiger partial charge on any atom is 0.287 e. The van der Waals surface area contributed by atoms with Gasteiger partial charge in [-0.2, -0.15) is 0 Å². The van der Waals surface area contributed by atoms with Crippen molar-refractivity contribution in [2.75, 3.05) is 19.6 Å². The summed E-state index contributed by atoms with van der Waals surface area (Å²) in [6, 6.07) is 14.0. The normalized spacial score (nSPS) is 15.9. The van der Waals surface area contributed by atoms with Crippen LogP contribution in [0.3, 0.4) is 0 Å². The molecule has 1 aliphatic heterocycles. The summed E-state index contributed by atoms with van der Waals surface area (Å²) in [6.07, 6.45) is 3.69. The van der Waals surface area contributed by atoms with E-state index in [1.807, 2.05) is 11.4 Å². The van der Waals surface area contributed by atoms with Gasteiger partial charge in [0.05, 0.1) is 23.0 Å². The van der Waals surface area contributed by atoms with Crippen molar-refractivity contribution in [3.63, 3.8) is 0 Å². The Kier molecular flexibility index (Phi) is 6.36. The first-order chi connectivity index (χ1) is 14.5. The van der Waals surface area contributed by atoms with Crippen molar-refractivity contribution in [1.82, 2.24) is 10.2 Å². The van der Waals surface area contributed by atoms with Crippen LogP contribution in [0.2, 0.25) is 0 Å². The molecule has 3 heterocycles. The quantitative estimate of drug-likeness (QED) is 0.570. The Hall–Kier alpha value is -2.42. The van der Waals surface area contributed by atoms with Gasteiger partial charge < -0.3 is 9.73 Å². The largest absolute Gasteiger partial charge is 0.459 e. The molecule has 6 nitrogen and oxygen atoms in total. The van der Waals surface area contributed by atoms with Crippen molar-refractivity contribution >= 4 is 27.1 Å². The fourth-order valence-corrected chi connectivity index (χ4v) is 6.01. The molecule has 0 bridgehead atoms. The molecule has 0 saturated carbocycles. The molecule has 30 heavy (non-hydrogen) atoms. The highest BCUT2D eigenvalue weighted by Crippen LogP contribution is 2.28. The van der Waals surface area contributed by atoms with Gasteiger partial charge >= 0.3 is 0 Å². The molecule has 4 rings (SSSR count). The molecule has 3 aromatic rings. The van der Waals surface area contributed by atoms with E-state index >= 15 is 0 Å². The maximum absolute atomic E-state index is 12.8. The second-order valence-corrected chi connectivity index (χ2v) is 10.3. The Morgan fingerprint density at radius 2 is 1.87 bits per heavy atom. The molecule has 0 aliphatic carbocycles. The van der Waals surface area contributed by atoms with Crippen LogP contribution < -0.4 is 5.32 Å². The molecule has 1 saturated heterocycles. The minimum Gasteiger partial charge on any atom is -0.459 e. The summed E-state index contributed by atoms with van der Waals surface area (Å²) < 4.78 is 30.8. The number of likely N-dealkylation sites (tertiary alicyclic amines) is 1. The molecule has 0 spiro atoms. The first-order valence-corrected chi connectivity index (χ1v) is 12.5. The second-order valence-electron chi connectivity index (χ2n) is 7.33. The number of nitrogens with one attached hydrogen (secondary N) is 1. The van der Waals surface area contributed by atoms with E-state index in [0.29, 0.717) is 12.1 Å². The van der Waals surface area contributed by atoms with Gasteiger partial charge in [-0.1, -0.05) is 24.3 Å². The molecule has 1 fully saturated rings. The molecular formula is C22H24N2O4S2. The van der Waals surface area contributed by atoms with Gasteiger partial charge in [0.1, 0.15) is 0 Å². The second kappa shape index (κ2) is 9.16. The van der Waals surface area contributed by atoms with Gasteiger partial charge in [0.15, 0.2) is 15.6 Å². The van der Waals surface area contributed by atoms with Crippen LogP contribution in [-0.2, 0) is 15.6 Å². The monoisotopic (exact) mass is 444 g/mol. The number of benzene rings is 1. The molecule has 158 valence electrons. The zero-order valence-electron chi connectivity index (χ0n) is 16.5. The van der Waals surface area contributed by atoms with Crippen LogP contribution >= 0.6 is 11.3 Å². The van der Waals surface area contributed by atoms with Gasteiger partial charge in [-0.3, -0.25) is 9.69 Å². The van der Waals surface area contributed by atoms with Crippen molar-refractivity contribution in [3.05, 3.63) is 76.4 Å². The lowest BCUT2D eigenvalue weighted by Gasteiger charge is -2.26. The summed E-state index contributed by atoms with van der Waals surface area (Å²) in [5, 5.41) is 4.99. The van der Waals surface area contributed by atoms with Crippen LogP contribution in [0.5, 0.6) is 0 Å². The number of hydrogen-bond acceptors (Lipinski definition) is 6. The third-order valence-electron chi connectivity index (χ3n) is 5.31. The highest BCUT2D eigenvalue weighted by Gasteiger charge is 2.27. The van der Waals surface area contributed by atoms with E-state index in [4.69, 9.17) is 4.42 Å². The van der Waals surface area contributed by atoms with Crippen LogP contribution in [0.4, 0.5) is 0 Å². The minimum absolute atomic E-state index is 0.0563. The number of hydrogen-bond donors (Lipinski definition) is 1. The van der Waals surface area contributed by atoms with Gasteiger partial charge in [-0.15, -0.1) is 11.3 Å². The van der Waals surface area contributed by atoms with E-state index in [1.54, 1.807) is 47.7 Å². The van der Waals surface area contributed by atoms with Crippen LogP contribution in [-0.4, -0.2) is 38.9 Å². The fraction of sp³-hybridized carbons (Fsp3) is 0.318. The lowest BCUT2D eigenvalue weighted by Crippen LogP contribution is -2.36. The third kappa shape index (κ3) is 4.66. The molecule has 1 amide bonds. The summed E-state index contributed by atoms with van der Waals surface area (Å²) in [7, 11) is -3.57. The first kappa shape index (κ1) is 20.8. The smallest absolute Gasteiger partial charge is 0.287 e. The number of rotatable bonds is 8. The average Bonchev–Trinajstić information content (AvgIpc) is 3.52. The Morgan fingerprint density at radius 1 is 1.10 bits per heavy atom. The number of amides is 1. The molecule has 1 aliphatic rings. The highest BCUT2D eigenvalue weighted by molar-refractivity contribution is 7.90. The van der Waals surface area contributed by atoms with Gasteiger partial charge in [0.25, 0.3) is 5.91 Å². The van der Waals surface area contributed by atoms with E-state index in [2.05, 4.69) is 16.3 Å². The molecule has 1 atom stereocenters. The van der Waals surface area contributed by atoms with Gasteiger partial charge in [0, 0.05) is 17.0 Å². The zero-order chi connectivity index (χ0) is 21.0. The third-order valence-corrected chi connectivity index (χ3v) is 7.96. The summed E-state index contributed by atoms with van der Waals surface area (Å²) in [5.41, 5.74) is 0.366. The van der Waals surface area contributed by atoms with Crippen LogP contribution in [0.15, 0.2) is 69.5 Å². The van der Waals surface area contributed by atoms with Gasteiger partial charge in [0.2, 0.25) is 0 Å². The number of thiophene rings is 1. The summed E-state index contributed by atoms with van der Waals surface area (Å²) >= 11 is 1.68. The number of nitrogens with zero attached hydrogens (tertiary/aromatic N) is 1. The number of furan rings is 1. The standard InChI is InChI=1S/C22H24N2O4S2/c25-22(23-15-19(20-9-6-14-29-20)24-11-4-5-12-24)21-17(10-13-28-21)16-30(26,27)18-7-2-1-3-8-18/h1-3,6-10,13-14,19H,4-5,11-12,15-16H2,(H,23,25). The first-order valence-electron chi connectivity index (χ1n) is 9.94. The van der Waals surface area contributed by atoms with E-state index in [1.165, 1.54) is 11.1 Å². The summed E-state index contributed by atoms with van der Waals surface area (Å²) in [5.74, 6) is -0.614. The number of carbonyl (C=O) groups excluding carboxylic acids is 1. The van der Waals surface area contributed by atoms with E-state index in [-0.39, 0.29) is 28.4 Å². The van der Waals surface area contributed by atoms with Gasteiger partial charge in [-0.25, -0.2) is 8.42 Å². The maximum atomic E-state index is 12.8. The van der Waals surface area contributed by atoms with Crippen molar-refractivity contribution in [1.29, 1.82) is 0 Å². The summed E-state index contributed by atoms with van der Waals surface area (Å²) in [4.78, 5) is 16.6. The van der Waals surface area contributed by atoms with Crippen LogP contribution in [0.25, 0.3) is 0 Å². The topological polar surface area (TPSA) is 79.6 Å². The van der Waals surface area contributed by atoms with E-state index in [0.717, 1.165) is 25.9 Å². The SMILES string of the molecule is O=C(NCC(c1cccs1)N1CCCC1)c1occc1CS(=O)(=O)c1ccccc1. The lowest BCUT2D eigenvalue weighted by atomic mass is 10.2. The van der Waals surface area contributed by atoms with Crippen LogP contribution in [0.1, 0.15) is 39.9 Å². The van der Waals surface area contributed by atoms with Crippen molar-refractivity contribution in [3.8, 4) is 0 Å². The Balaban J connectivity index is 1.46. The Bertz CT molecular complexity index is 1070. The van der Waals surface area contributed by atoms with Crippen molar-refractivity contribution < 1.29 is 17.6 Å². The highest BCUT2D eigenvalue weighted by atomic mass is 32.2. The number of sulfone groups is 1. The molecule has 0 radical (unpaired) electrons. The Labute approximate surface area is 180 Å². The van der Waals surface area contributed by atoms with E-state index < -0.39 is 9.84 Å². The van der Waals surface area contributed by atoms with Crippen molar-refractivity contribution in [2.24, 2.45) is 0 Å². The molecule has 1 unspecified atom stereocenters. The predicted molar refractivity (Wildman–Crippen MR) is 116 cm³/mol. The van der Waals surface area contributed by atoms with Crippen LogP contribution in [0, 0.1) is 0 Å². The predicted octanol–water partition coefficient (Wildman–Crippen LogP) is 3.88. The molecule has 2 aromatic heterocycles. The fourth-order valence-electron chi connectivity index (χ4n) is 3.78. The number of carbonyl (C=O) groups is 1. The summed E-state index contributed by atoms with van der Waals surface area (Å²) in [6.45, 7) is 2.48. The molecule has 1 aromatic carbocycles. The zero-order valence-corrected chi connectivity index (χ0v) is 18.1.